The van der Waals surface area contributed by atoms with Gasteiger partial charge in [0, 0.05) is 16.2 Å². The summed E-state index contributed by atoms with van der Waals surface area (Å²) in [7, 11) is 0. The Morgan fingerprint density at radius 1 is 1.03 bits per heavy atom. The molecule has 160 valence electrons. The predicted octanol–water partition coefficient (Wildman–Crippen LogP) is 6.20. The largest absolute Gasteiger partial charge is 0.490 e. The fourth-order valence-corrected chi connectivity index (χ4v) is 4.09. The molecule has 0 atom stereocenters. The molecule has 3 rings (SSSR count). The van der Waals surface area contributed by atoms with Crippen LogP contribution >= 0.6 is 27.5 Å². The standard InChI is InChI=1S/C23H26BrClN2O3/c1-14(2)30-21-11-8-15(24)12-19(21)23(29)27-17-9-10-20(25)18(13-17)22(28)26-16-6-4-3-5-7-16/h8-14,16H,3-7H2,1-2H3,(H,26,28)(H,27,29). The van der Waals surface area contributed by atoms with Crippen molar-refractivity contribution in [1.82, 2.24) is 5.32 Å². The van der Waals surface area contributed by atoms with Gasteiger partial charge in [0.05, 0.1) is 22.3 Å². The highest BCUT2D eigenvalue weighted by Gasteiger charge is 2.20. The Morgan fingerprint density at radius 2 is 1.77 bits per heavy atom. The number of hydrogen-bond donors (Lipinski definition) is 2. The van der Waals surface area contributed by atoms with Crippen LogP contribution in [0.15, 0.2) is 40.9 Å². The smallest absolute Gasteiger partial charge is 0.259 e. The van der Waals surface area contributed by atoms with Crippen molar-refractivity contribution in [2.24, 2.45) is 0 Å². The molecule has 2 aromatic carbocycles. The zero-order valence-electron chi connectivity index (χ0n) is 17.1. The maximum Gasteiger partial charge on any atom is 0.259 e. The Hall–Kier alpha value is -2.05. The van der Waals surface area contributed by atoms with Gasteiger partial charge in [0.1, 0.15) is 5.75 Å². The third-order valence-corrected chi connectivity index (χ3v) is 5.78. The van der Waals surface area contributed by atoms with E-state index in [4.69, 9.17) is 16.3 Å². The molecule has 0 bridgehead atoms. The van der Waals surface area contributed by atoms with Crippen molar-refractivity contribution >= 4 is 45.0 Å². The fourth-order valence-electron chi connectivity index (χ4n) is 3.52. The van der Waals surface area contributed by atoms with E-state index < -0.39 is 0 Å². The van der Waals surface area contributed by atoms with Gasteiger partial charge < -0.3 is 15.4 Å². The number of hydrogen-bond acceptors (Lipinski definition) is 3. The number of halogens is 2. The molecule has 2 aromatic rings. The van der Waals surface area contributed by atoms with Crippen LogP contribution in [0.3, 0.4) is 0 Å². The summed E-state index contributed by atoms with van der Waals surface area (Å²) in [6.45, 7) is 3.81. The molecule has 30 heavy (non-hydrogen) atoms. The lowest BCUT2D eigenvalue weighted by atomic mass is 9.95. The first-order valence-corrected chi connectivity index (χ1v) is 11.4. The highest BCUT2D eigenvalue weighted by atomic mass is 79.9. The Morgan fingerprint density at radius 3 is 2.47 bits per heavy atom. The first-order valence-electron chi connectivity index (χ1n) is 10.2. The maximum absolute atomic E-state index is 12.9. The maximum atomic E-state index is 12.9. The summed E-state index contributed by atoms with van der Waals surface area (Å²) in [5, 5.41) is 6.27. The molecule has 0 heterocycles. The SMILES string of the molecule is CC(C)Oc1ccc(Br)cc1C(=O)Nc1ccc(Cl)c(C(=O)NC2CCCCC2)c1. The average molecular weight is 494 g/mol. The van der Waals surface area contributed by atoms with E-state index in [0.29, 0.717) is 27.6 Å². The summed E-state index contributed by atoms with van der Waals surface area (Å²) < 4.78 is 6.53. The number of ether oxygens (including phenoxy) is 1. The quantitative estimate of drug-likeness (QED) is 0.503. The number of benzene rings is 2. The van der Waals surface area contributed by atoms with Gasteiger partial charge in [-0.15, -0.1) is 0 Å². The first kappa shape index (κ1) is 22.6. The van der Waals surface area contributed by atoms with Crippen LogP contribution in [0, 0.1) is 0 Å². The summed E-state index contributed by atoms with van der Waals surface area (Å²) in [4.78, 5) is 25.6. The Labute approximate surface area is 190 Å². The van der Waals surface area contributed by atoms with Gasteiger partial charge in [-0.1, -0.05) is 46.8 Å². The van der Waals surface area contributed by atoms with E-state index in [1.54, 1.807) is 30.3 Å². The number of rotatable bonds is 6. The topological polar surface area (TPSA) is 67.4 Å². The molecule has 0 aromatic heterocycles. The Kier molecular flexibility index (Phi) is 7.78. The normalized spacial score (nSPS) is 14.4. The molecule has 0 saturated heterocycles. The van der Waals surface area contributed by atoms with Crippen LogP contribution < -0.4 is 15.4 Å². The first-order chi connectivity index (χ1) is 14.3. The minimum atomic E-state index is -0.326. The highest BCUT2D eigenvalue weighted by molar-refractivity contribution is 9.10. The van der Waals surface area contributed by atoms with Crippen molar-refractivity contribution in [1.29, 1.82) is 0 Å². The molecular formula is C23H26BrClN2O3. The number of carbonyl (C=O) groups excluding carboxylic acids is 2. The van der Waals surface area contributed by atoms with Gasteiger partial charge in [-0.25, -0.2) is 0 Å². The third kappa shape index (κ3) is 5.99. The van der Waals surface area contributed by atoms with E-state index in [0.717, 1.165) is 30.2 Å². The van der Waals surface area contributed by atoms with Gasteiger partial charge >= 0.3 is 0 Å². The molecule has 1 fully saturated rings. The fraction of sp³-hybridized carbons (Fsp3) is 0.391. The summed E-state index contributed by atoms with van der Waals surface area (Å²) >= 11 is 9.66. The molecule has 0 radical (unpaired) electrons. The summed E-state index contributed by atoms with van der Waals surface area (Å²) in [6.07, 6.45) is 5.38. The molecule has 1 saturated carbocycles. The van der Waals surface area contributed by atoms with Crippen LogP contribution in [0.4, 0.5) is 5.69 Å². The minimum absolute atomic E-state index is 0.0663. The number of nitrogens with one attached hydrogen (secondary N) is 2. The number of anilines is 1. The van der Waals surface area contributed by atoms with Crippen LogP contribution in [0.25, 0.3) is 0 Å². The van der Waals surface area contributed by atoms with Crippen LogP contribution in [0.1, 0.15) is 66.7 Å². The van der Waals surface area contributed by atoms with Crippen LogP contribution in [0.2, 0.25) is 5.02 Å². The van der Waals surface area contributed by atoms with Crippen molar-refractivity contribution in [3.05, 3.63) is 57.0 Å². The predicted molar refractivity (Wildman–Crippen MR) is 124 cm³/mol. The van der Waals surface area contributed by atoms with Gasteiger partial charge in [-0.2, -0.15) is 0 Å². The van der Waals surface area contributed by atoms with Crippen LogP contribution in [0.5, 0.6) is 5.75 Å². The second kappa shape index (κ2) is 10.3. The van der Waals surface area contributed by atoms with E-state index in [9.17, 15) is 9.59 Å². The Balaban J connectivity index is 1.77. The molecule has 0 spiro atoms. The molecule has 2 amide bonds. The zero-order valence-corrected chi connectivity index (χ0v) is 19.5. The molecule has 7 heteroatoms. The second-order valence-electron chi connectivity index (χ2n) is 7.76. The molecular weight excluding hydrogens is 468 g/mol. The number of carbonyl (C=O) groups is 2. The van der Waals surface area contributed by atoms with Gasteiger partial charge in [0.25, 0.3) is 11.8 Å². The molecule has 1 aliphatic rings. The minimum Gasteiger partial charge on any atom is -0.490 e. The van der Waals surface area contributed by atoms with Crippen LogP contribution in [-0.4, -0.2) is 24.0 Å². The lowest BCUT2D eigenvalue weighted by molar-refractivity contribution is 0.0926. The summed E-state index contributed by atoms with van der Waals surface area (Å²) in [5.74, 6) is -0.0443. The van der Waals surface area contributed by atoms with Crippen molar-refractivity contribution < 1.29 is 14.3 Å². The Bertz CT molecular complexity index is 927. The second-order valence-corrected chi connectivity index (χ2v) is 9.09. The highest BCUT2D eigenvalue weighted by Crippen LogP contribution is 2.27. The molecule has 1 aliphatic carbocycles. The lowest BCUT2D eigenvalue weighted by Crippen LogP contribution is -2.36. The van der Waals surface area contributed by atoms with E-state index in [1.165, 1.54) is 6.42 Å². The van der Waals surface area contributed by atoms with E-state index in [2.05, 4.69) is 26.6 Å². The van der Waals surface area contributed by atoms with E-state index >= 15 is 0 Å². The van der Waals surface area contributed by atoms with Crippen LogP contribution in [-0.2, 0) is 0 Å². The van der Waals surface area contributed by atoms with Gasteiger partial charge in [0.2, 0.25) is 0 Å². The monoisotopic (exact) mass is 492 g/mol. The van der Waals surface area contributed by atoms with Crippen molar-refractivity contribution in [2.45, 2.75) is 58.1 Å². The van der Waals surface area contributed by atoms with Gasteiger partial charge in [-0.3, -0.25) is 9.59 Å². The van der Waals surface area contributed by atoms with Gasteiger partial charge in [0.15, 0.2) is 0 Å². The van der Waals surface area contributed by atoms with E-state index in [1.807, 2.05) is 19.9 Å². The average Bonchev–Trinajstić information content (AvgIpc) is 2.71. The van der Waals surface area contributed by atoms with Crippen molar-refractivity contribution in [3.8, 4) is 5.75 Å². The third-order valence-electron chi connectivity index (χ3n) is 4.96. The molecule has 5 nitrogen and oxygen atoms in total. The summed E-state index contributed by atoms with van der Waals surface area (Å²) in [5.41, 5.74) is 1.25. The molecule has 0 unspecified atom stereocenters. The van der Waals surface area contributed by atoms with Crippen molar-refractivity contribution in [2.75, 3.05) is 5.32 Å². The molecule has 0 aliphatic heterocycles. The van der Waals surface area contributed by atoms with Gasteiger partial charge in [-0.05, 0) is 63.1 Å². The summed E-state index contributed by atoms with van der Waals surface area (Å²) in [6, 6.07) is 10.4. The van der Waals surface area contributed by atoms with Crippen molar-refractivity contribution in [3.63, 3.8) is 0 Å². The van der Waals surface area contributed by atoms with E-state index in [-0.39, 0.29) is 24.0 Å². The number of amides is 2. The lowest BCUT2D eigenvalue weighted by Gasteiger charge is -2.23. The molecule has 2 N–H and O–H groups in total. The zero-order chi connectivity index (χ0) is 21.7.